The Kier molecular flexibility index (Phi) is 5.36. The number of fused-ring (bicyclic) bond motifs is 1. The van der Waals surface area contributed by atoms with Gasteiger partial charge in [0.05, 0.1) is 23.0 Å². The van der Waals surface area contributed by atoms with Crippen molar-refractivity contribution in [2.24, 2.45) is 0 Å². The van der Waals surface area contributed by atoms with E-state index in [1.165, 1.54) is 24.5 Å². The van der Waals surface area contributed by atoms with Crippen LogP contribution in [0.4, 0.5) is 5.69 Å². The summed E-state index contributed by atoms with van der Waals surface area (Å²) in [6.07, 6.45) is 4.58. The molecule has 1 aromatic carbocycles. The van der Waals surface area contributed by atoms with Crippen LogP contribution in [0.15, 0.2) is 72.0 Å². The molecule has 0 aliphatic carbocycles. The number of carbonyl (C=O) groups excluding carboxylic acids is 1. The Balaban J connectivity index is 1.39. The molecule has 1 aliphatic rings. The Morgan fingerprint density at radius 1 is 1.00 bits per heavy atom. The molecule has 0 saturated carbocycles. The number of carbonyl (C=O) groups is 1. The maximum Gasteiger partial charge on any atom is 0.251 e. The van der Waals surface area contributed by atoms with E-state index in [0.29, 0.717) is 12.2 Å². The Morgan fingerprint density at radius 2 is 1.81 bits per heavy atom. The number of hydrogen-bond donors (Lipinski definition) is 4. The van der Waals surface area contributed by atoms with Gasteiger partial charge in [-0.2, -0.15) is 0 Å². The fourth-order valence-electron chi connectivity index (χ4n) is 3.42. The van der Waals surface area contributed by atoms with E-state index in [2.05, 4.69) is 20.0 Å². The van der Waals surface area contributed by atoms with E-state index in [-0.39, 0.29) is 16.0 Å². The average Bonchev–Trinajstić information content (AvgIpc) is 3.41. The zero-order valence-corrected chi connectivity index (χ0v) is 18.8. The SMILES string of the molecule is O=C1NCc2cc(-c3ccc(-c4cncc(NS(O)(O)c5ccc(Cl)nc5)c4)s3)ccc21. The van der Waals surface area contributed by atoms with Gasteiger partial charge in [0.25, 0.3) is 5.91 Å². The summed E-state index contributed by atoms with van der Waals surface area (Å²) in [7, 11) is -3.32. The highest BCUT2D eigenvalue weighted by molar-refractivity contribution is 8.25. The highest BCUT2D eigenvalue weighted by atomic mass is 35.5. The fourth-order valence-corrected chi connectivity index (χ4v) is 5.53. The van der Waals surface area contributed by atoms with Crippen molar-refractivity contribution in [1.82, 2.24) is 15.3 Å². The van der Waals surface area contributed by atoms with E-state index in [1.807, 2.05) is 36.4 Å². The maximum absolute atomic E-state index is 11.8. The maximum atomic E-state index is 11.8. The lowest BCUT2D eigenvalue weighted by atomic mass is 10.1. The lowest BCUT2D eigenvalue weighted by Crippen LogP contribution is -2.12. The number of hydrogen-bond acceptors (Lipinski definition) is 7. The van der Waals surface area contributed by atoms with Crippen LogP contribution >= 0.6 is 33.7 Å². The first-order valence-electron chi connectivity index (χ1n) is 9.53. The summed E-state index contributed by atoms with van der Waals surface area (Å²) in [6, 6.07) is 14.7. The quantitative estimate of drug-likeness (QED) is 0.262. The van der Waals surface area contributed by atoms with Crippen molar-refractivity contribution in [3.05, 3.63) is 83.4 Å². The molecule has 3 aromatic heterocycles. The number of nitrogens with zero attached hydrogens (tertiary/aromatic N) is 2. The average molecular weight is 485 g/mol. The Morgan fingerprint density at radius 3 is 2.59 bits per heavy atom. The van der Waals surface area contributed by atoms with E-state index in [1.54, 1.807) is 17.5 Å². The molecule has 1 aliphatic heterocycles. The second kappa shape index (κ2) is 8.19. The van der Waals surface area contributed by atoms with Gasteiger partial charge in [-0.25, -0.2) is 4.98 Å². The Bertz CT molecular complexity index is 1330. The number of amides is 1. The third kappa shape index (κ3) is 4.08. The molecule has 5 rings (SSSR count). The summed E-state index contributed by atoms with van der Waals surface area (Å²) in [5, 5.41) is 3.10. The number of rotatable bonds is 5. The van der Waals surface area contributed by atoms with Crippen molar-refractivity contribution in [2.75, 3.05) is 4.72 Å². The number of thiophene rings is 1. The van der Waals surface area contributed by atoms with E-state index in [0.717, 1.165) is 32.0 Å². The summed E-state index contributed by atoms with van der Waals surface area (Å²) in [6.45, 7) is 0.549. The van der Waals surface area contributed by atoms with Gasteiger partial charge in [-0.15, -0.1) is 11.3 Å². The van der Waals surface area contributed by atoms with Crippen LogP contribution in [0.5, 0.6) is 0 Å². The zero-order valence-electron chi connectivity index (χ0n) is 16.4. The normalized spacial score (nSPS) is 13.5. The molecule has 32 heavy (non-hydrogen) atoms. The number of anilines is 1. The van der Waals surface area contributed by atoms with Crippen molar-refractivity contribution in [3.63, 3.8) is 0 Å². The lowest BCUT2D eigenvalue weighted by molar-refractivity contribution is 0.0965. The van der Waals surface area contributed by atoms with Gasteiger partial charge in [0.2, 0.25) is 0 Å². The number of nitrogens with one attached hydrogen (secondary N) is 2. The molecule has 1 amide bonds. The van der Waals surface area contributed by atoms with Crippen LogP contribution in [0.1, 0.15) is 15.9 Å². The Hall–Kier alpha value is -2.95. The third-order valence-electron chi connectivity index (χ3n) is 4.99. The molecule has 0 fully saturated rings. The lowest BCUT2D eigenvalue weighted by Gasteiger charge is -2.33. The molecule has 0 radical (unpaired) electrons. The molecular formula is C22H17ClN4O3S2. The van der Waals surface area contributed by atoms with Gasteiger partial charge < -0.3 is 5.32 Å². The fraction of sp³-hybridized carbons (Fsp3) is 0.0455. The van der Waals surface area contributed by atoms with Gasteiger partial charge in [0.1, 0.15) is 5.15 Å². The molecule has 0 bridgehead atoms. The number of aromatic nitrogens is 2. The van der Waals surface area contributed by atoms with Crippen molar-refractivity contribution in [1.29, 1.82) is 0 Å². The van der Waals surface area contributed by atoms with Crippen LogP contribution in [0, 0.1) is 0 Å². The molecule has 0 atom stereocenters. The first-order valence-corrected chi connectivity index (χ1v) is 12.3. The summed E-state index contributed by atoms with van der Waals surface area (Å²) < 4.78 is 23.8. The first-order chi connectivity index (χ1) is 15.4. The van der Waals surface area contributed by atoms with Crippen molar-refractivity contribution in [2.45, 2.75) is 11.4 Å². The minimum absolute atomic E-state index is 0.0332. The highest BCUT2D eigenvalue weighted by Gasteiger charge is 2.20. The van der Waals surface area contributed by atoms with Crippen molar-refractivity contribution >= 4 is 45.3 Å². The number of pyridine rings is 2. The van der Waals surface area contributed by atoms with Crippen LogP contribution in [0.2, 0.25) is 5.15 Å². The minimum atomic E-state index is -3.32. The number of halogens is 1. The standard InChI is InChI=1S/C22H17ClN4O3S2/c23-21-6-2-17(12-25-21)32(29,30)27-16-8-15(9-24-11-16)20-5-4-19(31-20)13-1-3-18-14(7-13)10-26-22(18)28/h1-9,11-12,27,29-30H,10H2,(H,26,28). The smallest absolute Gasteiger partial charge is 0.251 e. The van der Waals surface area contributed by atoms with Gasteiger partial charge in [-0.1, -0.05) is 28.4 Å². The third-order valence-corrected chi connectivity index (χ3v) is 7.82. The molecule has 4 heterocycles. The zero-order chi connectivity index (χ0) is 22.3. The highest BCUT2D eigenvalue weighted by Crippen LogP contribution is 2.48. The predicted molar refractivity (Wildman–Crippen MR) is 128 cm³/mol. The molecule has 7 nitrogen and oxygen atoms in total. The van der Waals surface area contributed by atoms with Gasteiger partial charge >= 0.3 is 0 Å². The number of benzene rings is 1. The molecule has 0 spiro atoms. The molecule has 0 unspecified atom stereocenters. The molecule has 162 valence electrons. The Labute approximate surface area is 194 Å². The topological polar surface area (TPSA) is 107 Å². The second-order valence-electron chi connectivity index (χ2n) is 7.15. The predicted octanol–water partition coefficient (Wildman–Crippen LogP) is 5.91. The summed E-state index contributed by atoms with van der Waals surface area (Å²) in [4.78, 5) is 22.2. The van der Waals surface area contributed by atoms with E-state index < -0.39 is 10.8 Å². The van der Waals surface area contributed by atoms with Gasteiger partial charge in [0.15, 0.2) is 0 Å². The van der Waals surface area contributed by atoms with Crippen LogP contribution in [-0.4, -0.2) is 25.0 Å². The molecular weight excluding hydrogens is 468 g/mol. The molecule has 4 N–H and O–H groups in total. The summed E-state index contributed by atoms with van der Waals surface area (Å²) >= 11 is 7.37. The first kappa shape index (κ1) is 20.9. The second-order valence-corrected chi connectivity index (χ2v) is 10.4. The summed E-state index contributed by atoms with van der Waals surface area (Å²) in [5.41, 5.74) is 4.08. The van der Waals surface area contributed by atoms with Crippen LogP contribution < -0.4 is 10.0 Å². The van der Waals surface area contributed by atoms with Gasteiger partial charge in [-0.05, 0) is 53.6 Å². The van der Waals surface area contributed by atoms with Crippen LogP contribution in [0.25, 0.3) is 20.9 Å². The van der Waals surface area contributed by atoms with Crippen LogP contribution in [0.3, 0.4) is 0 Å². The van der Waals surface area contributed by atoms with Gasteiger partial charge in [-0.3, -0.25) is 23.6 Å². The largest absolute Gasteiger partial charge is 0.348 e. The van der Waals surface area contributed by atoms with Crippen molar-refractivity contribution < 1.29 is 13.9 Å². The molecule has 4 aromatic rings. The van der Waals surface area contributed by atoms with Crippen molar-refractivity contribution in [3.8, 4) is 20.9 Å². The molecule has 10 heteroatoms. The van der Waals surface area contributed by atoms with E-state index in [9.17, 15) is 13.9 Å². The summed E-state index contributed by atoms with van der Waals surface area (Å²) in [5.74, 6) is -0.0332. The van der Waals surface area contributed by atoms with E-state index >= 15 is 0 Å². The van der Waals surface area contributed by atoms with Gasteiger partial charge in [0, 0.05) is 33.6 Å². The van der Waals surface area contributed by atoms with E-state index in [4.69, 9.17) is 11.6 Å². The minimum Gasteiger partial charge on any atom is -0.348 e. The van der Waals surface area contributed by atoms with Crippen LogP contribution in [-0.2, 0) is 6.54 Å². The molecule has 0 saturated heterocycles. The monoisotopic (exact) mass is 484 g/mol.